The van der Waals surface area contributed by atoms with Crippen molar-refractivity contribution in [2.24, 2.45) is 0 Å². The van der Waals surface area contributed by atoms with Crippen LogP contribution in [0.4, 0.5) is 0 Å². The van der Waals surface area contributed by atoms with Gasteiger partial charge in [0.25, 0.3) is 0 Å². The second-order valence-electron chi connectivity index (χ2n) is 7.31. The lowest BCUT2D eigenvalue weighted by Crippen LogP contribution is -2.00. The number of hydrogen-bond acceptors (Lipinski definition) is 5. The second-order valence-corrected chi connectivity index (χ2v) is 7.72. The first-order valence-electron chi connectivity index (χ1n) is 10.1. The van der Waals surface area contributed by atoms with Gasteiger partial charge in [-0.05, 0) is 18.2 Å². The van der Waals surface area contributed by atoms with Crippen LogP contribution >= 0.6 is 11.6 Å². The van der Waals surface area contributed by atoms with Crippen LogP contribution in [0, 0.1) is 0 Å². The van der Waals surface area contributed by atoms with Gasteiger partial charge in [-0.25, -0.2) is 15.0 Å². The Morgan fingerprint density at radius 1 is 0.656 bits per heavy atom. The quantitative estimate of drug-likeness (QED) is 0.305. The van der Waals surface area contributed by atoms with E-state index in [4.69, 9.17) is 31.0 Å². The zero-order valence-electron chi connectivity index (χ0n) is 16.7. The summed E-state index contributed by atoms with van der Waals surface area (Å²) in [7, 11) is 0. The molecule has 0 N–H and O–H groups in total. The van der Waals surface area contributed by atoms with E-state index in [0.717, 1.165) is 27.5 Å². The van der Waals surface area contributed by atoms with Gasteiger partial charge in [0.1, 0.15) is 5.58 Å². The van der Waals surface area contributed by atoms with Gasteiger partial charge in [0.15, 0.2) is 23.1 Å². The summed E-state index contributed by atoms with van der Waals surface area (Å²) in [6.45, 7) is 0. The molecule has 0 radical (unpaired) electrons. The lowest BCUT2D eigenvalue weighted by atomic mass is 10.1. The Bertz CT molecular complexity index is 1520. The summed E-state index contributed by atoms with van der Waals surface area (Å²) in [5.41, 5.74) is 3.95. The number of rotatable bonds is 3. The molecule has 3 aromatic carbocycles. The Kier molecular flexibility index (Phi) is 4.40. The SMILES string of the molecule is Clc1ccc(-c2nc(-c3ccccc3)nc(-c3ccccc3)n2)c2c1oc1ccncc12. The highest BCUT2D eigenvalue weighted by Crippen LogP contribution is 2.39. The Hall–Kier alpha value is -4.09. The highest BCUT2D eigenvalue weighted by molar-refractivity contribution is 6.36. The maximum Gasteiger partial charge on any atom is 0.164 e. The van der Waals surface area contributed by atoms with Gasteiger partial charge in [-0.1, -0.05) is 72.3 Å². The number of fused-ring (bicyclic) bond motifs is 3. The van der Waals surface area contributed by atoms with Crippen molar-refractivity contribution >= 4 is 33.5 Å². The van der Waals surface area contributed by atoms with Crippen LogP contribution in [0.25, 0.3) is 56.1 Å². The van der Waals surface area contributed by atoms with Gasteiger partial charge in [-0.15, -0.1) is 0 Å². The molecule has 6 aromatic rings. The first kappa shape index (κ1) is 18.7. The molecule has 0 aliphatic rings. The number of hydrogen-bond donors (Lipinski definition) is 0. The monoisotopic (exact) mass is 434 g/mol. The summed E-state index contributed by atoms with van der Waals surface area (Å²) in [5, 5.41) is 2.23. The first-order chi connectivity index (χ1) is 15.8. The molecule has 6 rings (SSSR count). The van der Waals surface area contributed by atoms with Crippen LogP contribution in [0.1, 0.15) is 0 Å². The molecule has 0 spiro atoms. The zero-order valence-corrected chi connectivity index (χ0v) is 17.5. The fourth-order valence-electron chi connectivity index (χ4n) is 3.81. The molecular weight excluding hydrogens is 420 g/mol. The molecule has 0 bridgehead atoms. The minimum atomic E-state index is 0.528. The maximum atomic E-state index is 6.47. The zero-order chi connectivity index (χ0) is 21.5. The van der Waals surface area contributed by atoms with Gasteiger partial charge >= 0.3 is 0 Å². The van der Waals surface area contributed by atoms with Crippen molar-refractivity contribution in [2.75, 3.05) is 0 Å². The third-order valence-corrected chi connectivity index (χ3v) is 5.61. The average molecular weight is 435 g/mol. The van der Waals surface area contributed by atoms with Crippen LogP contribution in [-0.4, -0.2) is 19.9 Å². The van der Waals surface area contributed by atoms with E-state index in [1.54, 1.807) is 12.4 Å². The van der Waals surface area contributed by atoms with Crippen molar-refractivity contribution < 1.29 is 4.42 Å². The average Bonchev–Trinajstić information content (AvgIpc) is 3.26. The summed E-state index contributed by atoms with van der Waals surface area (Å²) >= 11 is 6.47. The topological polar surface area (TPSA) is 64.7 Å². The molecule has 152 valence electrons. The number of benzene rings is 3. The number of furan rings is 1. The van der Waals surface area contributed by atoms with Crippen LogP contribution in [0.2, 0.25) is 5.02 Å². The minimum Gasteiger partial charge on any atom is -0.454 e. The molecule has 0 atom stereocenters. The Morgan fingerprint density at radius 2 is 1.28 bits per heavy atom. The van der Waals surface area contributed by atoms with E-state index in [1.165, 1.54) is 0 Å². The molecule has 0 amide bonds. The number of pyridine rings is 1. The minimum absolute atomic E-state index is 0.528. The van der Waals surface area contributed by atoms with E-state index < -0.39 is 0 Å². The van der Waals surface area contributed by atoms with Crippen molar-refractivity contribution in [1.29, 1.82) is 0 Å². The molecule has 0 aliphatic carbocycles. The molecule has 0 fully saturated rings. The standard InChI is InChI=1S/C26H15ClN4O/c27-20-12-11-18(22-19-15-28-14-13-21(19)32-23(20)22)26-30-24(16-7-3-1-4-8-16)29-25(31-26)17-9-5-2-6-10-17/h1-15H. The smallest absolute Gasteiger partial charge is 0.164 e. The Morgan fingerprint density at radius 3 is 1.94 bits per heavy atom. The van der Waals surface area contributed by atoms with Crippen molar-refractivity contribution in [3.05, 3.63) is 96.3 Å². The lowest BCUT2D eigenvalue weighted by Gasteiger charge is -2.09. The van der Waals surface area contributed by atoms with Gasteiger partial charge in [-0.2, -0.15) is 0 Å². The molecule has 32 heavy (non-hydrogen) atoms. The maximum absolute atomic E-state index is 6.47. The molecule has 5 nitrogen and oxygen atoms in total. The van der Waals surface area contributed by atoms with Crippen LogP contribution in [-0.2, 0) is 0 Å². The van der Waals surface area contributed by atoms with Crippen molar-refractivity contribution in [1.82, 2.24) is 19.9 Å². The van der Waals surface area contributed by atoms with Gasteiger partial charge in [-0.3, -0.25) is 4.98 Å². The van der Waals surface area contributed by atoms with E-state index in [9.17, 15) is 0 Å². The third-order valence-electron chi connectivity index (χ3n) is 5.31. The molecule has 6 heteroatoms. The summed E-state index contributed by atoms with van der Waals surface area (Å²) in [6, 6.07) is 25.3. The molecular formula is C26H15ClN4O. The van der Waals surface area contributed by atoms with Gasteiger partial charge < -0.3 is 4.42 Å². The molecule has 3 heterocycles. The van der Waals surface area contributed by atoms with Crippen LogP contribution in [0.3, 0.4) is 0 Å². The molecule has 0 aliphatic heterocycles. The lowest BCUT2D eigenvalue weighted by molar-refractivity contribution is 0.668. The van der Waals surface area contributed by atoms with Gasteiger partial charge in [0.2, 0.25) is 0 Å². The summed E-state index contributed by atoms with van der Waals surface area (Å²) < 4.78 is 6.03. The van der Waals surface area contributed by atoms with Gasteiger partial charge in [0.05, 0.1) is 5.02 Å². The fraction of sp³-hybridized carbons (Fsp3) is 0. The Balaban J connectivity index is 1.67. The van der Waals surface area contributed by atoms with E-state index in [0.29, 0.717) is 33.7 Å². The highest BCUT2D eigenvalue weighted by atomic mass is 35.5. The summed E-state index contributed by atoms with van der Waals surface area (Å²) in [6.07, 6.45) is 3.47. The van der Waals surface area contributed by atoms with E-state index in [-0.39, 0.29) is 0 Å². The van der Waals surface area contributed by atoms with Crippen molar-refractivity contribution in [3.63, 3.8) is 0 Å². The number of aromatic nitrogens is 4. The molecule has 0 saturated carbocycles. The van der Waals surface area contributed by atoms with Crippen molar-refractivity contribution in [3.8, 4) is 34.2 Å². The van der Waals surface area contributed by atoms with Gasteiger partial charge in [0, 0.05) is 39.9 Å². The normalized spacial score (nSPS) is 11.3. The molecule has 3 aromatic heterocycles. The third kappa shape index (κ3) is 3.11. The van der Waals surface area contributed by atoms with Crippen LogP contribution < -0.4 is 0 Å². The van der Waals surface area contributed by atoms with Crippen molar-refractivity contribution in [2.45, 2.75) is 0 Å². The highest BCUT2D eigenvalue weighted by Gasteiger charge is 2.19. The summed E-state index contributed by atoms with van der Waals surface area (Å²) in [5.74, 6) is 1.75. The van der Waals surface area contributed by atoms with E-state index in [1.807, 2.05) is 78.9 Å². The predicted molar refractivity (Wildman–Crippen MR) is 126 cm³/mol. The van der Waals surface area contributed by atoms with Crippen LogP contribution in [0.15, 0.2) is 95.7 Å². The first-order valence-corrected chi connectivity index (χ1v) is 10.5. The number of nitrogens with zero attached hydrogens (tertiary/aromatic N) is 4. The number of halogens is 1. The Labute approximate surface area is 188 Å². The molecule has 0 saturated heterocycles. The second kappa shape index (κ2) is 7.55. The fourth-order valence-corrected chi connectivity index (χ4v) is 4.00. The van der Waals surface area contributed by atoms with E-state index >= 15 is 0 Å². The largest absolute Gasteiger partial charge is 0.454 e. The molecule has 0 unspecified atom stereocenters. The van der Waals surface area contributed by atoms with Crippen LogP contribution in [0.5, 0.6) is 0 Å². The predicted octanol–water partition coefficient (Wildman–Crippen LogP) is 6.82. The van der Waals surface area contributed by atoms with E-state index in [2.05, 4.69) is 4.98 Å². The summed E-state index contributed by atoms with van der Waals surface area (Å²) in [4.78, 5) is 18.7.